The van der Waals surface area contributed by atoms with Crippen LogP contribution in [0.1, 0.15) is 46.0 Å². The normalized spacial score (nSPS) is 44.2. The highest BCUT2D eigenvalue weighted by molar-refractivity contribution is 5.88. The molecule has 1 amide bonds. The zero-order valence-electron chi connectivity index (χ0n) is 11.8. The monoisotopic (exact) mass is 265 g/mol. The number of hydrogen-bond acceptors (Lipinski definition) is 2. The summed E-state index contributed by atoms with van der Waals surface area (Å²) in [6, 6.07) is -0.554. The Morgan fingerprint density at radius 3 is 2.68 bits per heavy atom. The maximum Gasteiger partial charge on any atom is 0.326 e. The van der Waals surface area contributed by atoms with E-state index in [1.54, 1.807) is 4.90 Å². The topological polar surface area (TPSA) is 57.6 Å². The fourth-order valence-electron chi connectivity index (χ4n) is 4.23. The Morgan fingerprint density at radius 1 is 1.37 bits per heavy atom. The zero-order valence-corrected chi connectivity index (χ0v) is 11.8. The maximum absolute atomic E-state index is 12.6. The number of likely N-dealkylation sites (tertiary alicyclic amines) is 1. The standard InChI is InChI=1S/C15H23NO3/c1-3-15(2)7-11(15)13(17)16-8-9-5-4-6-10(9)12(16)14(18)19/h9-12H,3-8H2,1-2H3,(H,18,19). The Kier molecular flexibility index (Phi) is 2.88. The van der Waals surface area contributed by atoms with Crippen LogP contribution in [0.4, 0.5) is 0 Å². The van der Waals surface area contributed by atoms with Crippen molar-refractivity contribution in [2.75, 3.05) is 6.54 Å². The predicted octanol–water partition coefficient (Wildman–Crippen LogP) is 2.13. The molecule has 5 atom stereocenters. The molecule has 1 N–H and O–H groups in total. The van der Waals surface area contributed by atoms with Crippen molar-refractivity contribution in [2.24, 2.45) is 23.2 Å². The average molecular weight is 265 g/mol. The number of carboxylic acid groups (broad SMARTS) is 1. The summed E-state index contributed by atoms with van der Waals surface area (Å²) in [6.07, 6.45) is 5.12. The summed E-state index contributed by atoms with van der Waals surface area (Å²) < 4.78 is 0. The number of fused-ring (bicyclic) bond motifs is 1. The van der Waals surface area contributed by atoms with Gasteiger partial charge in [-0.1, -0.05) is 20.3 Å². The number of aliphatic carboxylic acids is 1. The third-order valence-electron chi connectivity index (χ3n) is 5.88. The van der Waals surface area contributed by atoms with Crippen LogP contribution < -0.4 is 0 Å². The molecule has 0 radical (unpaired) electrons. The minimum absolute atomic E-state index is 0.0678. The molecule has 0 aromatic rings. The molecule has 2 saturated carbocycles. The van der Waals surface area contributed by atoms with Crippen LogP contribution in [0.15, 0.2) is 0 Å². The lowest BCUT2D eigenvalue weighted by atomic mass is 9.94. The molecule has 0 spiro atoms. The molecule has 1 heterocycles. The van der Waals surface area contributed by atoms with Gasteiger partial charge in [0.2, 0.25) is 5.91 Å². The molecule has 1 aliphatic heterocycles. The summed E-state index contributed by atoms with van der Waals surface area (Å²) in [4.78, 5) is 25.8. The summed E-state index contributed by atoms with van der Waals surface area (Å²) in [5.41, 5.74) is 0.123. The van der Waals surface area contributed by atoms with Gasteiger partial charge in [0.05, 0.1) is 0 Å². The molecule has 4 heteroatoms. The van der Waals surface area contributed by atoms with Gasteiger partial charge in [0.25, 0.3) is 0 Å². The predicted molar refractivity (Wildman–Crippen MR) is 70.5 cm³/mol. The third kappa shape index (κ3) is 1.87. The second kappa shape index (κ2) is 4.22. The molecule has 4 nitrogen and oxygen atoms in total. The first-order valence-corrected chi connectivity index (χ1v) is 7.51. The lowest BCUT2D eigenvalue weighted by molar-refractivity contribution is -0.150. The van der Waals surface area contributed by atoms with Crippen LogP contribution in [0, 0.1) is 23.2 Å². The lowest BCUT2D eigenvalue weighted by Gasteiger charge is -2.25. The third-order valence-corrected chi connectivity index (χ3v) is 5.88. The van der Waals surface area contributed by atoms with Gasteiger partial charge in [-0.2, -0.15) is 0 Å². The molecule has 3 rings (SSSR count). The van der Waals surface area contributed by atoms with Crippen LogP contribution in [0.25, 0.3) is 0 Å². The van der Waals surface area contributed by atoms with Gasteiger partial charge in [-0.15, -0.1) is 0 Å². The van der Waals surface area contributed by atoms with Crippen molar-refractivity contribution in [3.05, 3.63) is 0 Å². The fraction of sp³-hybridized carbons (Fsp3) is 0.867. The van der Waals surface area contributed by atoms with E-state index >= 15 is 0 Å². The van der Waals surface area contributed by atoms with Gasteiger partial charge in [-0.25, -0.2) is 4.79 Å². The highest BCUT2D eigenvalue weighted by atomic mass is 16.4. The summed E-state index contributed by atoms with van der Waals surface area (Å²) in [6.45, 7) is 4.93. The van der Waals surface area contributed by atoms with E-state index in [4.69, 9.17) is 0 Å². The van der Waals surface area contributed by atoms with E-state index in [-0.39, 0.29) is 23.2 Å². The Balaban J connectivity index is 1.77. The number of carbonyl (C=O) groups is 2. The van der Waals surface area contributed by atoms with Gasteiger partial charge in [0, 0.05) is 12.5 Å². The van der Waals surface area contributed by atoms with Gasteiger partial charge in [0.15, 0.2) is 0 Å². The number of amides is 1. The SMILES string of the molecule is CCC1(C)CC1C(=O)N1CC2CCCC2C1C(=O)O. The molecule has 3 aliphatic rings. The minimum atomic E-state index is -0.804. The minimum Gasteiger partial charge on any atom is -0.480 e. The Labute approximate surface area is 114 Å². The van der Waals surface area contributed by atoms with E-state index in [9.17, 15) is 14.7 Å². The molecule has 5 unspecified atom stereocenters. The van der Waals surface area contributed by atoms with Crippen molar-refractivity contribution in [3.8, 4) is 0 Å². The molecule has 0 bridgehead atoms. The van der Waals surface area contributed by atoms with Gasteiger partial charge in [-0.05, 0) is 42.9 Å². The molecule has 0 aromatic carbocycles. The molecule has 0 aromatic heterocycles. The molecule has 1 saturated heterocycles. The van der Waals surface area contributed by atoms with Crippen LogP contribution in [0.2, 0.25) is 0 Å². The number of carbonyl (C=O) groups excluding carboxylic acids is 1. The average Bonchev–Trinajstić information content (AvgIpc) is 2.73. The van der Waals surface area contributed by atoms with E-state index in [2.05, 4.69) is 13.8 Å². The van der Waals surface area contributed by atoms with Crippen molar-refractivity contribution in [2.45, 2.75) is 52.0 Å². The second-order valence-corrected chi connectivity index (χ2v) is 6.89. The van der Waals surface area contributed by atoms with E-state index in [1.165, 1.54) is 0 Å². The van der Waals surface area contributed by atoms with E-state index < -0.39 is 12.0 Å². The first kappa shape index (κ1) is 12.9. The summed E-state index contributed by atoms with van der Waals surface area (Å²) in [5.74, 6) is -0.00399. The van der Waals surface area contributed by atoms with Crippen molar-refractivity contribution in [1.29, 1.82) is 0 Å². The lowest BCUT2D eigenvalue weighted by Crippen LogP contribution is -2.44. The van der Waals surface area contributed by atoms with Crippen LogP contribution in [-0.2, 0) is 9.59 Å². The zero-order chi connectivity index (χ0) is 13.8. The van der Waals surface area contributed by atoms with Crippen LogP contribution in [-0.4, -0.2) is 34.5 Å². The van der Waals surface area contributed by atoms with E-state index in [0.717, 1.165) is 32.1 Å². The Bertz CT molecular complexity index is 422. The molecular formula is C15H23NO3. The number of carboxylic acids is 1. The highest BCUT2D eigenvalue weighted by Crippen LogP contribution is 2.56. The van der Waals surface area contributed by atoms with Gasteiger partial charge < -0.3 is 10.0 Å². The highest BCUT2D eigenvalue weighted by Gasteiger charge is 2.58. The van der Waals surface area contributed by atoms with Crippen molar-refractivity contribution in [1.82, 2.24) is 4.90 Å². The molecule has 106 valence electrons. The van der Waals surface area contributed by atoms with Crippen molar-refractivity contribution in [3.63, 3.8) is 0 Å². The summed E-state index contributed by atoms with van der Waals surface area (Å²) >= 11 is 0. The molecular weight excluding hydrogens is 242 g/mol. The smallest absolute Gasteiger partial charge is 0.326 e. The number of rotatable bonds is 3. The van der Waals surface area contributed by atoms with Crippen LogP contribution in [0.5, 0.6) is 0 Å². The first-order chi connectivity index (χ1) is 8.98. The first-order valence-electron chi connectivity index (χ1n) is 7.51. The maximum atomic E-state index is 12.6. The Hall–Kier alpha value is -1.06. The number of nitrogens with zero attached hydrogens (tertiary/aromatic N) is 1. The largest absolute Gasteiger partial charge is 0.480 e. The summed E-state index contributed by atoms with van der Waals surface area (Å²) in [7, 11) is 0. The molecule has 19 heavy (non-hydrogen) atoms. The van der Waals surface area contributed by atoms with Crippen LogP contribution >= 0.6 is 0 Å². The van der Waals surface area contributed by atoms with Crippen molar-refractivity contribution >= 4 is 11.9 Å². The molecule has 3 fully saturated rings. The fourth-order valence-corrected chi connectivity index (χ4v) is 4.23. The Morgan fingerprint density at radius 2 is 2.11 bits per heavy atom. The molecule has 2 aliphatic carbocycles. The van der Waals surface area contributed by atoms with Gasteiger partial charge >= 0.3 is 5.97 Å². The van der Waals surface area contributed by atoms with E-state index in [0.29, 0.717) is 12.5 Å². The van der Waals surface area contributed by atoms with Crippen molar-refractivity contribution < 1.29 is 14.7 Å². The number of hydrogen-bond donors (Lipinski definition) is 1. The van der Waals surface area contributed by atoms with Gasteiger partial charge in [0.1, 0.15) is 6.04 Å². The second-order valence-electron chi connectivity index (χ2n) is 6.89. The van der Waals surface area contributed by atoms with E-state index in [1.807, 2.05) is 0 Å². The quantitative estimate of drug-likeness (QED) is 0.850. The van der Waals surface area contributed by atoms with Gasteiger partial charge in [-0.3, -0.25) is 4.79 Å². The van der Waals surface area contributed by atoms with Crippen LogP contribution in [0.3, 0.4) is 0 Å². The summed E-state index contributed by atoms with van der Waals surface area (Å²) in [5, 5.41) is 9.48.